The van der Waals surface area contributed by atoms with Gasteiger partial charge in [0, 0.05) is 11.5 Å². The minimum absolute atomic E-state index is 0.245. The molecule has 0 spiro atoms. The molecule has 0 amide bonds. The van der Waals surface area contributed by atoms with Gasteiger partial charge in [-0.05, 0) is 30.6 Å². The molecular weight excluding hydrogens is 248 g/mol. The molecule has 3 rings (SSSR count). The average molecular weight is 267 g/mol. The molecule has 0 aromatic carbocycles. The topological polar surface area (TPSA) is 35.0 Å². The second-order valence-electron chi connectivity index (χ2n) is 6.40. The molecule has 0 radical (unpaired) electrons. The Bertz CT molecular complexity index is 477. The zero-order chi connectivity index (χ0) is 13.0. The standard InChI is InChI=1S/C14H19ClN2O/c1-13(2)9-4-5-14(13,3)10(6-9)18-12-7-11(15)16-8-17-12/h7-10H,4-6H2,1-3H3. The summed E-state index contributed by atoms with van der Waals surface area (Å²) in [6.45, 7) is 7.11. The van der Waals surface area contributed by atoms with Crippen LogP contribution in [0.25, 0.3) is 0 Å². The van der Waals surface area contributed by atoms with Crippen LogP contribution in [0.4, 0.5) is 0 Å². The number of hydrogen-bond acceptors (Lipinski definition) is 3. The maximum Gasteiger partial charge on any atom is 0.218 e. The van der Waals surface area contributed by atoms with Crippen molar-refractivity contribution in [2.75, 3.05) is 0 Å². The quantitative estimate of drug-likeness (QED) is 0.765. The summed E-state index contributed by atoms with van der Waals surface area (Å²) in [4.78, 5) is 8.03. The van der Waals surface area contributed by atoms with E-state index >= 15 is 0 Å². The van der Waals surface area contributed by atoms with E-state index in [4.69, 9.17) is 16.3 Å². The zero-order valence-electron chi connectivity index (χ0n) is 11.1. The van der Waals surface area contributed by atoms with E-state index in [0.717, 1.165) is 12.3 Å². The molecule has 0 aliphatic heterocycles. The zero-order valence-corrected chi connectivity index (χ0v) is 11.9. The van der Waals surface area contributed by atoms with Gasteiger partial charge in [0.05, 0.1) is 0 Å². The summed E-state index contributed by atoms with van der Waals surface area (Å²) in [7, 11) is 0. The van der Waals surface area contributed by atoms with Crippen LogP contribution in [0.3, 0.4) is 0 Å². The van der Waals surface area contributed by atoms with E-state index in [9.17, 15) is 0 Å². The van der Waals surface area contributed by atoms with Gasteiger partial charge in [0.15, 0.2) is 0 Å². The summed E-state index contributed by atoms with van der Waals surface area (Å²) < 4.78 is 6.09. The molecule has 3 nitrogen and oxygen atoms in total. The van der Waals surface area contributed by atoms with Gasteiger partial charge in [-0.3, -0.25) is 0 Å². The van der Waals surface area contributed by atoms with Crippen LogP contribution in [0, 0.1) is 16.7 Å². The van der Waals surface area contributed by atoms with E-state index in [0.29, 0.717) is 16.4 Å². The Morgan fingerprint density at radius 3 is 2.67 bits per heavy atom. The van der Waals surface area contributed by atoms with E-state index in [-0.39, 0.29) is 11.5 Å². The van der Waals surface area contributed by atoms with Gasteiger partial charge in [0.25, 0.3) is 0 Å². The highest BCUT2D eigenvalue weighted by Crippen LogP contribution is 2.66. The first-order valence-electron chi connectivity index (χ1n) is 6.58. The van der Waals surface area contributed by atoms with Crippen LogP contribution in [0.2, 0.25) is 5.15 Å². The monoisotopic (exact) mass is 266 g/mol. The van der Waals surface area contributed by atoms with Crippen LogP contribution >= 0.6 is 11.6 Å². The molecule has 1 heterocycles. The molecule has 2 saturated carbocycles. The van der Waals surface area contributed by atoms with Gasteiger partial charge in [-0.15, -0.1) is 0 Å². The molecular formula is C14H19ClN2O. The summed E-state index contributed by atoms with van der Waals surface area (Å²) in [5, 5.41) is 0.438. The van der Waals surface area contributed by atoms with Crippen LogP contribution in [0.1, 0.15) is 40.0 Å². The third-order valence-electron chi connectivity index (χ3n) is 5.59. The Kier molecular flexibility index (Phi) is 2.60. The van der Waals surface area contributed by atoms with Crippen molar-refractivity contribution in [3.8, 4) is 5.88 Å². The van der Waals surface area contributed by atoms with Gasteiger partial charge in [-0.25, -0.2) is 9.97 Å². The maximum atomic E-state index is 6.09. The molecule has 18 heavy (non-hydrogen) atoms. The summed E-state index contributed by atoms with van der Waals surface area (Å²) in [5.74, 6) is 1.37. The summed E-state index contributed by atoms with van der Waals surface area (Å²) >= 11 is 5.87. The first kappa shape index (κ1) is 12.2. The molecule has 3 atom stereocenters. The molecule has 3 unspecified atom stereocenters. The number of hydrogen-bond donors (Lipinski definition) is 0. The summed E-state index contributed by atoms with van der Waals surface area (Å²) in [6, 6.07) is 1.70. The van der Waals surface area contributed by atoms with Gasteiger partial charge in [0.2, 0.25) is 5.88 Å². The van der Waals surface area contributed by atoms with Crippen molar-refractivity contribution < 1.29 is 4.74 Å². The van der Waals surface area contributed by atoms with E-state index in [1.54, 1.807) is 6.07 Å². The van der Waals surface area contributed by atoms with Gasteiger partial charge in [0.1, 0.15) is 17.6 Å². The minimum Gasteiger partial charge on any atom is -0.474 e. The van der Waals surface area contributed by atoms with E-state index < -0.39 is 0 Å². The Morgan fingerprint density at radius 2 is 2.11 bits per heavy atom. The van der Waals surface area contributed by atoms with Crippen molar-refractivity contribution in [2.45, 2.75) is 46.1 Å². The minimum atomic E-state index is 0.245. The lowest BCUT2D eigenvalue weighted by molar-refractivity contribution is 0.0272. The van der Waals surface area contributed by atoms with Crippen molar-refractivity contribution in [3.05, 3.63) is 17.5 Å². The smallest absolute Gasteiger partial charge is 0.218 e. The molecule has 2 bridgehead atoms. The van der Waals surface area contributed by atoms with Gasteiger partial charge >= 0.3 is 0 Å². The first-order valence-corrected chi connectivity index (χ1v) is 6.95. The largest absolute Gasteiger partial charge is 0.474 e. The highest BCUT2D eigenvalue weighted by atomic mass is 35.5. The second-order valence-corrected chi connectivity index (χ2v) is 6.78. The highest BCUT2D eigenvalue weighted by molar-refractivity contribution is 6.29. The van der Waals surface area contributed by atoms with E-state index in [2.05, 4.69) is 30.7 Å². The highest BCUT2D eigenvalue weighted by Gasteiger charge is 2.62. The molecule has 1 aromatic heterocycles. The fourth-order valence-electron chi connectivity index (χ4n) is 3.84. The Hall–Kier alpha value is -0.830. The fraction of sp³-hybridized carbons (Fsp3) is 0.714. The van der Waals surface area contributed by atoms with Crippen molar-refractivity contribution in [1.82, 2.24) is 9.97 Å². The van der Waals surface area contributed by atoms with Crippen molar-refractivity contribution in [1.29, 1.82) is 0 Å². The lowest BCUT2D eigenvalue weighted by Crippen LogP contribution is -2.39. The van der Waals surface area contributed by atoms with Crippen LogP contribution < -0.4 is 4.74 Å². The lowest BCUT2D eigenvalue weighted by Gasteiger charge is -2.38. The molecule has 4 heteroatoms. The number of aromatic nitrogens is 2. The summed E-state index contributed by atoms with van der Waals surface area (Å²) in [5.41, 5.74) is 0.601. The van der Waals surface area contributed by atoms with Crippen LogP contribution in [0.15, 0.2) is 12.4 Å². The second kappa shape index (κ2) is 3.83. The van der Waals surface area contributed by atoms with Crippen LogP contribution in [-0.4, -0.2) is 16.1 Å². The van der Waals surface area contributed by atoms with E-state index in [1.807, 2.05) is 0 Å². The normalized spacial score (nSPS) is 36.9. The van der Waals surface area contributed by atoms with Gasteiger partial charge in [-0.1, -0.05) is 32.4 Å². The Morgan fingerprint density at radius 1 is 1.33 bits per heavy atom. The lowest BCUT2D eigenvalue weighted by atomic mass is 9.70. The number of nitrogens with zero attached hydrogens (tertiary/aromatic N) is 2. The van der Waals surface area contributed by atoms with Crippen molar-refractivity contribution >= 4 is 11.6 Å². The fourth-order valence-corrected chi connectivity index (χ4v) is 3.97. The van der Waals surface area contributed by atoms with Crippen molar-refractivity contribution in [2.24, 2.45) is 16.7 Å². The molecule has 2 fully saturated rings. The first-order chi connectivity index (χ1) is 8.43. The third kappa shape index (κ3) is 1.56. The average Bonchev–Trinajstić information content (AvgIpc) is 2.62. The predicted octanol–water partition coefficient (Wildman–Crippen LogP) is 3.72. The summed E-state index contributed by atoms with van der Waals surface area (Å²) in [6.07, 6.45) is 5.41. The van der Waals surface area contributed by atoms with Crippen LogP contribution in [-0.2, 0) is 0 Å². The SMILES string of the molecule is CC1(C)C2CCC1(C)C(Oc1cc(Cl)ncn1)C2. The van der Waals surface area contributed by atoms with Crippen molar-refractivity contribution in [3.63, 3.8) is 0 Å². The predicted molar refractivity (Wildman–Crippen MR) is 70.7 cm³/mol. The van der Waals surface area contributed by atoms with E-state index in [1.165, 1.54) is 19.2 Å². The molecule has 0 saturated heterocycles. The molecule has 2 aliphatic rings. The maximum absolute atomic E-state index is 6.09. The number of ether oxygens (including phenoxy) is 1. The van der Waals surface area contributed by atoms with Gasteiger partial charge < -0.3 is 4.74 Å². The Labute approximate surface area is 113 Å². The molecule has 1 aromatic rings. The molecule has 0 N–H and O–H groups in total. The number of halogens is 1. The molecule has 2 aliphatic carbocycles. The van der Waals surface area contributed by atoms with Gasteiger partial charge in [-0.2, -0.15) is 0 Å². The third-order valence-corrected chi connectivity index (χ3v) is 5.79. The number of fused-ring (bicyclic) bond motifs is 2. The Balaban J connectivity index is 1.84. The number of rotatable bonds is 2. The molecule has 98 valence electrons. The van der Waals surface area contributed by atoms with Crippen LogP contribution in [0.5, 0.6) is 5.88 Å².